The quantitative estimate of drug-likeness (QED) is 0.836. The van der Waals surface area contributed by atoms with E-state index in [1.807, 2.05) is 37.1 Å². The average Bonchev–Trinajstić information content (AvgIpc) is 2.58. The van der Waals surface area contributed by atoms with Crippen LogP contribution in [0.2, 0.25) is 0 Å². The lowest BCUT2D eigenvalue weighted by atomic mass is 9.86. The molecule has 0 spiro atoms. The lowest BCUT2D eigenvalue weighted by molar-refractivity contribution is -0.132. The van der Waals surface area contributed by atoms with Crippen molar-refractivity contribution in [3.63, 3.8) is 0 Å². The Morgan fingerprint density at radius 2 is 1.83 bits per heavy atom. The first-order chi connectivity index (χ1) is 11.5. The first kappa shape index (κ1) is 16.9. The molecule has 1 saturated carbocycles. The van der Waals surface area contributed by atoms with Crippen molar-refractivity contribution in [2.75, 3.05) is 7.05 Å². The van der Waals surface area contributed by atoms with Crippen LogP contribution in [-0.2, 0) is 11.2 Å². The van der Waals surface area contributed by atoms with Gasteiger partial charge in [0.1, 0.15) is 0 Å². The Bertz CT molecular complexity index is 745. The molecule has 1 aliphatic carbocycles. The molecule has 0 aliphatic heterocycles. The molecule has 3 nitrogen and oxygen atoms in total. The second-order valence-electron chi connectivity index (χ2n) is 7.41. The summed E-state index contributed by atoms with van der Waals surface area (Å²) < 4.78 is 0. The number of para-hydroxylation sites is 1. The van der Waals surface area contributed by atoms with Gasteiger partial charge in [0.05, 0.1) is 11.9 Å². The highest BCUT2D eigenvalue weighted by Crippen LogP contribution is 2.28. The Morgan fingerprint density at radius 1 is 1.17 bits per heavy atom. The summed E-state index contributed by atoms with van der Waals surface area (Å²) in [5.74, 6) is 1.02. The molecule has 1 aromatic heterocycles. The number of fused-ring (bicyclic) bond motifs is 1. The van der Waals surface area contributed by atoms with E-state index >= 15 is 0 Å². The fourth-order valence-corrected chi connectivity index (χ4v) is 3.94. The Labute approximate surface area is 145 Å². The van der Waals surface area contributed by atoms with Gasteiger partial charge in [-0.3, -0.25) is 9.78 Å². The average molecular weight is 324 g/mol. The van der Waals surface area contributed by atoms with E-state index in [4.69, 9.17) is 4.98 Å². The molecule has 0 saturated heterocycles. The molecule has 3 heteroatoms. The molecule has 24 heavy (non-hydrogen) atoms. The third-order valence-corrected chi connectivity index (χ3v) is 5.74. The second kappa shape index (κ2) is 6.92. The van der Waals surface area contributed by atoms with Gasteiger partial charge in [0, 0.05) is 24.2 Å². The summed E-state index contributed by atoms with van der Waals surface area (Å²) in [4.78, 5) is 19.5. The van der Waals surface area contributed by atoms with Crippen LogP contribution in [0, 0.1) is 19.8 Å². The molecule has 2 aromatic rings. The Balaban J connectivity index is 1.80. The van der Waals surface area contributed by atoms with Crippen LogP contribution in [0.1, 0.15) is 49.4 Å². The van der Waals surface area contributed by atoms with Gasteiger partial charge in [0.25, 0.3) is 0 Å². The maximum absolute atomic E-state index is 12.8. The Hall–Kier alpha value is -1.90. The van der Waals surface area contributed by atoms with Crippen molar-refractivity contribution in [3.05, 3.63) is 41.1 Å². The van der Waals surface area contributed by atoms with E-state index in [2.05, 4.69) is 19.9 Å². The lowest BCUT2D eigenvalue weighted by Crippen LogP contribution is -2.40. The molecule has 0 unspecified atom stereocenters. The lowest BCUT2D eigenvalue weighted by Gasteiger charge is -2.34. The summed E-state index contributed by atoms with van der Waals surface area (Å²) in [5.41, 5.74) is 4.27. The molecular weight excluding hydrogens is 296 g/mol. The molecule has 1 amide bonds. The summed E-state index contributed by atoms with van der Waals surface area (Å²) in [6, 6.07) is 8.58. The summed E-state index contributed by atoms with van der Waals surface area (Å²) >= 11 is 0. The van der Waals surface area contributed by atoms with Crippen LogP contribution in [0.15, 0.2) is 24.3 Å². The van der Waals surface area contributed by atoms with Gasteiger partial charge in [-0.25, -0.2) is 0 Å². The number of amides is 1. The minimum Gasteiger partial charge on any atom is -0.342 e. The number of nitrogens with zero attached hydrogens (tertiary/aromatic N) is 2. The molecule has 0 N–H and O–H groups in total. The van der Waals surface area contributed by atoms with Crippen LogP contribution in [0.5, 0.6) is 0 Å². The van der Waals surface area contributed by atoms with Gasteiger partial charge in [0.2, 0.25) is 5.91 Å². The number of carbonyl (C=O) groups is 1. The molecule has 1 aromatic carbocycles. The monoisotopic (exact) mass is 324 g/mol. The topological polar surface area (TPSA) is 33.2 Å². The molecule has 1 aliphatic rings. The van der Waals surface area contributed by atoms with E-state index in [0.717, 1.165) is 40.9 Å². The van der Waals surface area contributed by atoms with Crippen molar-refractivity contribution >= 4 is 16.8 Å². The smallest absolute Gasteiger partial charge is 0.227 e. The number of hydrogen-bond acceptors (Lipinski definition) is 2. The number of hydrogen-bond donors (Lipinski definition) is 0. The number of pyridine rings is 1. The minimum absolute atomic E-state index is 0.220. The van der Waals surface area contributed by atoms with Gasteiger partial charge in [-0.15, -0.1) is 0 Å². The Morgan fingerprint density at radius 3 is 2.54 bits per heavy atom. The molecule has 0 bridgehead atoms. The Kier molecular flexibility index (Phi) is 4.88. The number of rotatable bonds is 3. The van der Waals surface area contributed by atoms with E-state index in [1.54, 1.807) is 0 Å². The summed E-state index contributed by atoms with van der Waals surface area (Å²) in [5, 5.41) is 1.15. The van der Waals surface area contributed by atoms with Crippen molar-refractivity contribution < 1.29 is 4.79 Å². The van der Waals surface area contributed by atoms with Crippen molar-refractivity contribution in [2.45, 2.75) is 58.9 Å². The molecule has 1 fully saturated rings. The van der Waals surface area contributed by atoms with E-state index in [0.29, 0.717) is 12.5 Å². The summed E-state index contributed by atoms with van der Waals surface area (Å²) in [7, 11) is 1.97. The fraction of sp³-hybridized carbons (Fsp3) is 0.524. The zero-order valence-corrected chi connectivity index (χ0v) is 15.3. The highest BCUT2D eigenvalue weighted by molar-refractivity contribution is 5.86. The number of aryl methyl sites for hydroxylation is 2. The van der Waals surface area contributed by atoms with Crippen LogP contribution in [0.25, 0.3) is 10.9 Å². The molecule has 3 rings (SSSR count). The largest absolute Gasteiger partial charge is 0.342 e. The number of aromatic nitrogens is 1. The highest BCUT2D eigenvalue weighted by atomic mass is 16.2. The summed E-state index contributed by atoms with van der Waals surface area (Å²) in [6.45, 7) is 6.44. The first-order valence-electron chi connectivity index (χ1n) is 9.08. The van der Waals surface area contributed by atoms with E-state index in [-0.39, 0.29) is 5.91 Å². The fourth-order valence-electron chi connectivity index (χ4n) is 3.94. The molecule has 1 heterocycles. The molecule has 128 valence electrons. The second-order valence-corrected chi connectivity index (χ2v) is 7.41. The zero-order chi connectivity index (χ0) is 17.3. The standard InChI is InChI=1S/C21H28N2O/c1-14-9-11-17(12-10-14)23(4)21(24)13-19-15(2)18-7-5-6-8-20(18)22-16(19)3/h5-8,14,17H,9-13H2,1-4H3. The van der Waals surface area contributed by atoms with Crippen LogP contribution in [0.4, 0.5) is 0 Å². The van der Waals surface area contributed by atoms with E-state index in [9.17, 15) is 4.79 Å². The van der Waals surface area contributed by atoms with Gasteiger partial charge >= 0.3 is 0 Å². The number of benzene rings is 1. The molecular formula is C21H28N2O. The SMILES string of the molecule is Cc1nc2ccccc2c(C)c1CC(=O)N(C)C1CCC(C)CC1. The first-order valence-corrected chi connectivity index (χ1v) is 9.08. The third kappa shape index (κ3) is 3.31. The predicted molar refractivity (Wildman–Crippen MR) is 99.1 cm³/mol. The highest BCUT2D eigenvalue weighted by Gasteiger charge is 2.25. The van der Waals surface area contributed by atoms with Crippen molar-refractivity contribution in [2.24, 2.45) is 5.92 Å². The predicted octanol–water partition coefficient (Wildman–Crippen LogP) is 4.43. The number of carbonyl (C=O) groups excluding carboxylic acids is 1. The van der Waals surface area contributed by atoms with Gasteiger partial charge in [-0.05, 0) is 62.6 Å². The zero-order valence-electron chi connectivity index (χ0n) is 15.3. The van der Waals surface area contributed by atoms with Gasteiger partial charge in [0.15, 0.2) is 0 Å². The van der Waals surface area contributed by atoms with Gasteiger partial charge in [-0.1, -0.05) is 25.1 Å². The van der Waals surface area contributed by atoms with Crippen molar-refractivity contribution in [1.82, 2.24) is 9.88 Å². The van der Waals surface area contributed by atoms with E-state index < -0.39 is 0 Å². The summed E-state index contributed by atoms with van der Waals surface area (Å²) in [6.07, 6.45) is 5.20. The molecule has 0 radical (unpaired) electrons. The van der Waals surface area contributed by atoms with Crippen molar-refractivity contribution in [1.29, 1.82) is 0 Å². The van der Waals surface area contributed by atoms with Gasteiger partial charge < -0.3 is 4.90 Å². The van der Waals surface area contributed by atoms with Crippen LogP contribution >= 0.6 is 0 Å². The van der Waals surface area contributed by atoms with Crippen LogP contribution in [0.3, 0.4) is 0 Å². The normalized spacial score (nSPS) is 21.0. The molecule has 0 atom stereocenters. The van der Waals surface area contributed by atoms with Crippen LogP contribution in [-0.4, -0.2) is 28.9 Å². The minimum atomic E-state index is 0.220. The van der Waals surface area contributed by atoms with Crippen LogP contribution < -0.4 is 0 Å². The van der Waals surface area contributed by atoms with E-state index in [1.165, 1.54) is 18.4 Å². The maximum Gasteiger partial charge on any atom is 0.227 e. The number of likely N-dealkylation sites (N-methyl/N-ethyl adjacent to an activating group) is 1. The van der Waals surface area contributed by atoms with Gasteiger partial charge in [-0.2, -0.15) is 0 Å². The van der Waals surface area contributed by atoms with Crippen molar-refractivity contribution in [3.8, 4) is 0 Å². The maximum atomic E-state index is 12.8. The third-order valence-electron chi connectivity index (χ3n) is 5.74.